The molecule has 4 nitrogen and oxygen atoms in total. The number of rotatable bonds is 6. The van der Waals surface area contributed by atoms with Crippen LogP contribution >= 0.6 is 23.1 Å². The maximum Gasteiger partial charge on any atom is 0.206 e. The molecule has 0 atom stereocenters. The smallest absolute Gasteiger partial charge is 0.206 e. The van der Waals surface area contributed by atoms with Crippen LogP contribution in [0.1, 0.15) is 12.5 Å². The molecule has 0 aliphatic carbocycles. The van der Waals surface area contributed by atoms with E-state index in [1.165, 1.54) is 16.2 Å². The first-order valence-electron chi connectivity index (χ1n) is 7.75. The third kappa shape index (κ3) is 4.41. The number of nitrogens with zero attached hydrogens (tertiary/aromatic N) is 3. The quantitative estimate of drug-likeness (QED) is 0.353. The van der Waals surface area contributed by atoms with Crippen LogP contribution in [-0.2, 0) is 0 Å². The lowest BCUT2D eigenvalue weighted by atomic mass is 10.2. The molecular weight excluding hydrogens is 350 g/mol. The van der Waals surface area contributed by atoms with Crippen molar-refractivity contribution in [3.05, 3.63) is 70.6 Å². The minimum Gasteiger partial charge on any atom is -0.463 e. The predicted molar refractivity (Wildman–Crippen MR) is 106 cm³/mol. The van der Waals surface area contributed by atoms with E-state index in [0.29, 0.717) is 6.54 Å². The van der Waals surface area contributed by atoms with Crippen LogP contribution in [0.5, 0.6) is 0 Å². The van der Waals surface area contributed by atoms with Crippen molar-refractivity contribution in [2.75, 3.05) is 12.8 Å². The fourth-order valence-electron chi connectivity index (χ4n) is 2.13. The summed E-state index contributed by atoms with van der Waals surface area (Å²) in [6.07, 6.45) is 5.56. The van der Waals surface area contributed by atoms with Crippen molar-refractivity contribution >= 4 is 29.3 Å². The maximum absolute atomic E-state index is 5.53. The van der Waals surface area contributed by atoms with E-state index in [-0.39, 0.29) is 0 Å². The molecule has 0 N–H and O–H groups in total. The van der Waals surface area contributed by atoms with E-state index >= 15 is 0 Å². The van der Waals surface area contributed by atoms with Gasteiger partial charge in [-0.2, -0.15) is 5.10 Å². The Balaban J connectivity index is 1.99. The molecule has 0 saturated heterocycles. The largest absolute Gasteiger partial charge is 0.463 e. The van der Waals surface area contributed by atoms with Crippen LogP contribution in [0.25, 0.3) is 11.5 Å². The summed E-state index contributed by atoms with van der Waals surface area (Å²) >= 11 is 3.26. The Kier molecular flexibility index (Phi) is 5.73. The van der Waals surface area contributed by atoms with E-state index in [0.717, 1.165) is 27.4 Å². The summed E-state index contributed by atoms with van der Waals surface area (Å²) in [5.74, 6) is 0.767. The van der Waals surface area contributed by atoms with E-state index in [1.54, 1.807) is 18.0 Å². The highest BCUT2D eigenvalue weighted by Gasteiger charge is 2.09. The van der Waals surface area contributed by atoms with Gasteiger partial charge in [-0.25, -0.2) is 4.68 Å². The number of thiazole rings is 1. The van der Waals surface area contributed by atoms with Gasteiger partial charge in [0.2, 0.25) is 4.80 Å². The van der Waals surface area contributed by atoms with E-state index in [2.05, 4.69) is 47.2 Å². The van der Waals surface area contributed by atoms with Gasteiger partial charge < -0.3 is 4.42 Å². The second-order valence-corrected chi connectivity index (χ2v) is 7.20. The van der Waals surface area contributed by atoms with Crippen LogP contribution in [0.4, 0.5) is 0 Å². The molecule has 2 heterocycles. The molecule has 6 heteroatoms. The van der Waals surface area contributed by atoms with Crippen molar-refractivity contribution in [1.29, 1.82) is 0 Å². The molecule has 0 fully saturated rings. The fraction of sp³-hybridized carbons (Fsp3) is 0.158. The summed E-state index contributed by atoms with van der Waals surface area (Å²) in [5.41, 5.74) is 2.93. The van der Waals surface area contributed by atoms with E-state index in [1.807, 2.05) is 35.3 Å². The zero-order valence-electron chi connectivity index (χ0n) is 14.2. The monoisotopic (exact) mass is 369 g/mol. The van der Waals surface area contributed by atoms with Crippen molar-refractivity contribution in [3.63, 3.8) is 0 Å². The van der Waals surface area contributed by atoms with Crippen molar-refractivity contribution in [2.24, 2.45) is 10.1 Å². The number of thioether (sulfide) groups is 1. The molecule has 2 aromatic heterocycles. The highest BCUT2D eigenvalue weighted by atomic mass is 32.2. The van der Waals surface area contributed by atoms with Crippen LogP contribution in [0.2, 0.25) is 0 Å². The van der Waals surface area contributed by atoms with Gasteiger partial charge in [-0.1, -0.05) is 24.3 Å². The first-order chi connectivity index (χ1) is 12.2. The van der Waals surface area contributed by atoms with Crippen molar-refractivity contribution in [3.8, 4) is 11.5 Å². The Labute approximate surface area is 155 Å². The van der Waals surface area contributed by atoms with Crippen molar-refractivity contribution in [2.45, 2.75) is 11.8 Å². The topological polar surface area (TPSA) is 42.8 Å². The van der Waals surface area contributed by atoms with Crippen LogP contribution in [0.3, 0.4) is 0 Å². The molecular formula is C19H19N3OS2. The number of furan rings is 1. The van der Waals surface area contributed by atoms with Gasteiger partial charge in [0.25, 0.3) is 0 Å². The summed E-state index contributed by atoms with van der Waals surface area (Å²) in [6.45, 7) is 6.45. The Bertz CT molecular complexity index is 932. The van der Waals surface area contributed by atoms with Gasteiger partial charge in [-0.15, -0.1) is 23.1 Å². The van der Waals surface area contributed by atoms with Crippen molar-refractivity contribution < 1.29 is 4.42 Å². The van der Waals surface area contributed by atoms with Crippen LogP contribution in [0.15, 0.2) is 79.6 Å². The number of benzene rings is 1. The number of hydrogen-bond donors (Lipinski definition) is 0. The Morgan fingerprint density at radius 2 is 2.12 bits per heavy atom. The zero-order chi connectivity index (χ0) is 17.6. The standard InChI is InChI=1S/C19H19N3OS2/c1-14(2)11-20-19-22(17(13-25-19)18-5-4-10-23-18)21-12-15-6-8-16(24-3)9-7-15/h4-10,12-13H,1,11H2,2-3H3. The van der Waals surface area contributed by atoms with Gasteiger partial charge in [0.15, 0.2) is 5.76 Å². The average Bonchev–Trinajstić information content (AvgIpc) is 3.27. The second-order valence-electron chi connectivity index (χ2n) is 5.48. The molecule has 0 aliphatic heterocycles. The summed E-state index contributed by atoms with van der Waals surface area (Å²) in [4.78, 5) is 6.64. The first-order valence-corrected chi connectivity index (χ1v) is 9.85. The lowest BCUT2D eigenvalue weighted by molar-refractivity contribution is 0.575. The molecule has 0 aliphatic rings. The Morgan fingerprint density at radius 3 is 2.76 bits per heavy atom. The molecule has 0 spiro atoms. The predicted octanol–water partition coefficient (Wildman–Crippen LogP) is 4.89. The molecule has 0 amide bonds. The normalized spacial score (nSPS) is 12.2. The zero-order valence-corrected chi connectivity index (χ0v) is 15.8. The molecule has 1 aromatic carbocycles. The second kappa shape index (κ2) is 8.18. The van der Waals surface area contributed by atoms with Gasteiger partial charge in [-0.3, -0.25) is 4.99 Å². The summed E-state index contributed by atoms with van der Waals surface area (Å²) in [7, 11) is 0. The van der Waals surface area contributed by atoms with E-state index < -0.39 is 0 Å². The summed E-state index contributed by atoms with van der Waals surface area (Å²) in [6, 6.07) is 12.1. The van der Waals surface area contributed by atoms with E-state index in [9.17, 15) is 0 Å². The van der Waals surface area contributed by atoms with Crippen LogP contribution < -0.4 is 4.80 Å². The van der Waals surface area contributed by atoms with Gasteiger partial charge in [-0.05, 0) is 43.0 Å². The molecule has 128 valence electrons. The third-order valence-corrected chi connectivity index (χ3v) is 4.98. The van der Waals surface area contributed by atoms with Gasteiger partial charge in [0.05, 0.1) is 19.0 Å². The summed E-state index contributed by atoms with van der Waals surface area (Å²) < 4.78 is 7.35. The Hall–Kier alpha value is -2.31. The molecule has 3 aromatic rings. The Morgan fingerprint density at radius 1 is 1.32 bits per heavy atom. The maximum atomic E-state index is 5.53. The number of hydrogen-bond acceptors (Lipinski definition) is 5. The minimum atomic E-state index is 0.579. The van der Waals surface area contributed by atoms with E-state index in [4.69, 9.17) is 4.42 Å². The molecule has 3 rings (SSSR count). The highest BCUT2D eigenvalue weighted by Crippen LogP contribution is 2.20. The average molecular weight is 370 g/mol. The summed E-state index contributed by atoms with van der Waals surface area (Å²) in [5, 5.41) is 6.64. The first kappa shape index (κ1) is 17.5. The molecule has 25 heavy (non-hydrogen) atoms. The molecule has 0 radical (unpaired) electrons. The van der Waals surface area contributed by atoms with Crippen LogP contribution in [0, 0.1) is 0 Å². The SMILES string of the molecule is C=C(C)CN=c1scc(-c2ccco2)n1N=Cc1ccc(SC)cc1. The molecule has 0 unspecified atom stereocenters. The third-order valence-electron chi connectivity index (χ3n) is 3.38. The van der Waals surface area contributed by atoms with Gasteiger partial charge in [0, 0.05) is 10.3 Å². The number of aromatic nitrogens is 1. The molecule has 0 bridgehead atoms. The van der Waals surface area contributed by atoms with Crippen molar-refractivity contribution in [1.82, 2.24) is 4.68 Å². The van der Waals surface area contributed by atoms with Crippen LogP contribution in [-0.4, -0.2) is 23.7 Å². The lowest BCUT2D eigenvalue weighted by Crippen LogP contribution is -2.12. The molecule has 0 saturated carbocycles. The fourth-order valence-corrected chi connectivity index (χ4v) is 3.36. The minimum absolute atomic E-state index is 0.579. The van der Waals surface area contributed by atoms with Gasteiger partial charge >= 0.3 is 0 Å². The highest BCUT2D eigenvalue weighted by molar-refractivity contribution is 7.98. The van der Waals surface area contributed by atoms with Gasteiger partial charge in [0.1, 0.15) is 5.69 Å². The lowest BCUT2D eigenvalue weighted by Gasteiger charge is -2.01.